The third-order valence-electron chi connectivity index (χ3n) is 6.92. The van der Waals surface area contributed by atoms with Gasteiger partial charge in [-0.05, 0) is 73.0 Å². The molecule has 3 N–H and O–H groups in total. The molecule has 0 aliphatic heterocycles. The molecule has 0 bridgehead atoms. The Bertz CT molecular complexity index is 2260. The van der Waals surface area contributed by atoms with Crippen molar-refractivity contribution in [2.24, 2.45) is 0 Å². The third kappa shape index (κ3) is 12.4. The molecule has 0 aliphatic carbocycles. The summed E-state index contributed by atoms with van der Waals surface area (Å²) in [4.78, 5) is 30.0. The van der Waals surface area contributed by atoms with Gasteiger partial charge in [-0.3, -0.25) is 9.59 Å². The lowest BCUT2D eigenvalue weighted by molar-refractivity contribution is 0.101. The summed E-state index contributed by atoms with van der Waals surface area (Å²) in [6, 6.07) is 22.9. The number of benzene rings is 4. The summed E-state index contributed by atoms with van der Waals surface area (Å²) in [6.45, 7) is 3.10. The molecule has 0 atom stereocenters. The van der Waals surface area contributed by atoms with Crippen LogP contribution in [-0.4, -0.2) is 27.5 Å². The van der Waals surface area contributed by atoms with Crippen molar-refractivity contribution in [3.05, 3.63) is 138 Å². The molecule has 4 aromatic carbocycles. The number of nitrogens with two attached hydrogens (primary N) is 1. The highest BCUT2D eigenvalue weighted by Gasteiger charge is 2.24. The van der Waals surface area contributed by atoms with Crippen LogP contribution in [0.2, 0.25) is 10.0 Å². The van der Waals surface area contributed by atoms with E-state index in [1.165, 1.54) is 30.6 Å². The van der Waals surface area contributed by atoms with E-state index >= 15 is 0 Å². The van der Waals surface area contributed by atoms with Gasteiger partial charge in [0, 0.05) is 28.9 Å². The molecule has 6 rings (SSSR count). The predicted molar refractivity (Wildman–Crippen MR) is 212 cm³/mol. The highest BCUT2D eigenvalue weighted by molar-refractivity contribution is 7.15. The van der Waals surface area contributed by atoms with E-state index in [4.69, 9.17) is 40.5 Å². The lowest BCUT2D eigenvalue weighted by Gasteiger charge is -2.11. The van der Waals surface area contributed by atoms with Crippen molar-refractivity contribution in [1.29, 1.82) is 0 Å². The van der Waals surface area contributed by atoms with Crippen LogP contribution in [0.25, 0.3) is 22.3 Å². The molecular weight excluding hydrogens is 852 g/mol. The van der Waals surface area contributed by atoms with Crippen LogP contribution in [0.3, 0.4) is 0 Å². The summed E-state index contributed by atoms with van der Waals surface area (Å²) in [5.41, 5.74) is 8.65. The molecule has 2 heterocycles. The van der Waals surface area contributed by atoms with E-state index in [2.05, 4.69) is 26.9 Å². The van der Waals surface area contributed by atoms with Gasteiger partial charge in [0.15, 0.2) is 0 Å². The van der Waals surface area contributed by atoms with Gasteiger partial charge in [0.25, 0.3) is 24.0 Å². The number of carbonyl (C=O) groups excluding carboxylic acids is 2. The summed E-state index contributed by atoms with van der Waals surface area (Å²) in [6.07, 6.45) is -4.11. The third-order valence-corrected chi connectivity index (χ3v) is 9.77. The molecule has 0 saturated carbocycles. The number of carbonyl (C=O) groups is 2. The normalized spacial score (nSPS) is 10.5. The number of aryl methyl sites for hydroxylation is 2. The summed E-state index contributed by atoms with van der Waals surface area (Å²) in [5, 5.41) is 2.59. The first-order valence-electron chi connectivity index (χ1n) is 15.3. The van der Waals surface area contributed by atoms with E-state index in [0.29, 0.717) is 32.5 Å². The van der Waals surface area contributed by atoms with Gasteiger partial charge in [0.2, 0.25) is 0 Å². The predicted octanol–water partition coefficient (Wildman–Crippen LogP) is 13.5. The van der Waals surface area contributed by atoms with Crippen LogP contribution >= 0.6 is 69.1 Å². The van der Waals surface area contributed by atoms with Gasteiger partial charge in [-0.2, -0.15) is 0 Å². The van der Waals surface area contributed by atoms with Gasteiger partial charge in [-0.25, -0.2) is 36.3 Å². The Morgan fingerprint density at radius 1 is 0.691 bits per heavy atom. The number of thiazole rings is 2. The second-order valence-corrected chi connectivity index (χ2v) is 14.2. The van der Waals surface area contributed by atoms with Gasteiger partial charge in [-0.1, -0.05) is 71.7 Å². The molecule has 0 aliphatic rings. The van der Waals surface area contributed by atoms with Crippen molar-refractivity contribution in [1.82, 2.24) is 9.97 Å². The molecule has 55 heavy (non-hydrogen) atoms. The van der Waals surface area contributed by atoms with Crippen molar-refractivity contribution in [3.63, 3.8) is 0 Å². The molecule has 0 spiro atoms. The summed E-state index contributed by atoms with van der Waals surface area (Å²) in [5.74, 6) is -1.65. The Hall–Kier alpha value is -4.18. The van der Waals surface area contributed by atoms with Crippen LogP contribution in [0.4, 0.5) is 37.7 Å². The summed E-state index contributed by atoms with van der Waals surface area (Å²) in [7, 11) is 0. The zero-order valence-electron chi connectivity index (χ0n) is 28.6. The zero-order valence-corrected chi connectivity index (χ0v) is 33.3. The number of halogens is 10. The van der Waals surface area contributed by atoms with Crippen molar-refractivity contribution < 1.29 is 35.9 Å². The lowest BCUT2D eigenvalue weighted by atomic mass is 10.0. The Balaban J connectivity index is 0.000000237. The fourth-order valence-corrected chi connectivity index (χ4v) is 6.75. The molecule has 6 nitrogen and oxygen atoms in total. The Morgan fingerprint density at radius 3 is 1.58 bits per heavy atom. The molecule has 0 saturated heterocycles. The maximum Gasteiger partial charge on any atom is 0.282 e. The van der Waals surface area contributed by atoms with Crippen LogP contribution in [0, 0.1) is 25.5 Å². The quantitative estimate of drug-likeness (QED) is 0.0720. The second-order valence-electron chi connectivity index (χ2n) is 10.6. The number of para-hydroxylation sites is 2. The Morgan fingerprint density at radius 2 is 1.13 bits per heavy atom. The molecule has 1 amide bonds. The number of aromatic nitrogens is 2. The largest absolute Gasteiger partial charge is 0.398 e. The van der Waals surface area contributed by atoms with E-state index in [0.717, 1.165) is 33.8 Å². The van der Waals surface area contributed by atoms with Crippen molar-refractivity contribution in [2.75, 3.05) is 17.4 Å². The standard InChI is InChI=1S/C18H12ClF3N2OS.C12H9ClFN.C6H4ClF2NOS.CH3Cl/c1-9-23-15(17(21)22)16(26-9)18(25)24-14-5-3-2-4-11(14)10-6-7-13(20)12(19)8-10;13-10-7-8(5-6-11(10)14)9-3-1-2-4-12(9)15;1-2-10-3(6(8)9)4(12-2)5(7)11;1-2/h2-8,17H,1H3,(H,24,25);1-7H,15H2;6H,1H3;1H3. The van der Waals surface area contributed by atoms with Crippen molar-refractivity contribution >= 4 is 91.6 Å². The minimum absolute atomic E-state index is 0.0540. The number of alkyl halides is 5. The van der Waals surface area contributed by atoms with Gasteiger partial charge in [0.1, 0.15) is 32.8 Å². The summed E-state index contributed by atoms with van der Waals surface area (Å²) < 4.78 is 76.8. The molecule has 0 unspecified atom stereocenters. The van der Waals surface area contributed by atoms with E-state index < -0.39 is 47.0 Å². The minimum atomic E-state index is -2.84. The van der Waals surface area contributed by atoms with Gasteiger partial charge in [-0.15, -0.1) is 34.3 Å². The van der Waals surface area contributed by atoms with Crippen LogP contribution in [0.15, 0.2) is 84.9 Å². The first-order chi connectivity index (χ1) is 26.1. The molecule has 18 heteroatoms. The zero-order chi connectivity index (χ0) is 41.0. The van der Waals surface area contributed by atoms with Gasteiger partial charge >= 0.3 is 0 Å². The monoisotopic (exact) mass is 878 g/mol. The van der Waals surface area contributed by atoms with Crippen LogP contribution in [0.5, 0.6) is 0 Å². The smallest absolute Gasteiger partial charge is 0.282 e. The molecule has 2 aromatic heterocycles. The molecule has 0 radical (unpaired) electrons. The van der Waals surface area contributed by atoms with Crippen LogP contribution in [0.1, 0.15) is 53.6 Å². The van der Waals surface area contributed by atoms with Crippen molar-refractivity contribution in [3.8, 4) is 22.3 Å². The maximum atomic E-state index is 13.4. The van der Waals surface area contributed by atoms with Crippen LogP contribution < -0.4 is 11.1 Å². The first-order valence-corrected chi connectivity index (χ1v) is 18.8. The first kappa shape index (κ1) is 45.2. The fourth-order valence-electron chi connectivity index (χ4n) is 4.60. The highest BCUT2D eigenvalue weighted by Crippen LogP contribution is 2.33. The molecular formula is C37H28Cl4F6N4O2S2. The SMILES string of the molecule is CCl.Cc1nc(C(F)F)c(C(=O)Cl)s1.Cc1nc(C(F)F)c(C(=O)Nc2ccccc2-c2ccc(F)c(Cl)c2)s1.Nc1ccccc1-c1ccc(F)c(Cl)c1. The number of nitrogen functional groups attached to an aromatic ring is 1. The maximum absolute atomic E-state index is 13.4. The Labute approximate surface area is 339 Å². The van der Waals surface area contributed by atoms with E-state index in [-0.39, 0.29) is 19.8 Å². The second kappa shape index (κ2) is 21.2. The summed E-state index contributed by atoms with van der Waals surface area (Å²) >= 11 is 23.0. The van der Waals surface area contributed by atoms with Gasteiger partial charge in [0.05, 0.1) is 20.1 Å². The number of nitrogens with one attached hydrogen (secondary N) is 1. The topological polar surface area (TPSA) is 98.0 Å². The van der Waals surface area contributed by atoms with E-state index in [1.54, 1.807) is 56.3 Å². The molecule has 290 valence electrons. The number of nitrogens with zero attached hydrogens (tertiary/aromatic N) is 2. The number of hydrogen-bond donors (Lipinski definition) is 2. The van der Waals surface area contributed by atoms with E-state index in [9.17, 15) is 35.9 Å². The average Bonchev–Trinajstić information content (AvgIpc) is 3.76. The van der Waals surface area contributed by atoms with E-state index in [1.807, 2.05) is 18.2 Å². The van der Waals surface area contributed by atoms with Crippen LogP contribution in [-0.2, 0) is 0 Å². The number of amides is 1. The number of anilines is 2. The Kier molecular flexibility index (Phi) is 17.4. The number of hydrogen-bond acceptors (Lipinski definition) is 7. The fraction of sp³-hybridized carbons (Fsp3) is 0.135. The minimum Gasteiger partial charge on any atom is -0.398 e. The highest BCUT2D eigenvalue weighted by atomic mass is 35.5. The molecule has 0 fully saturated rings. The molecule has 6 aromatic rings. The van der Waals surface area contributed by atoms with Crippen molar-refractivity contribution in [2.45, 2.75) is 26.7 Å². The average molecular weight is 881 g/mol. The lowest BCUT2D eigenvalue weighted by Crippen LogP contribution is -2.13. The number of rotatable bonds is 7. The van der Waals surface area contributed by atoms with Gasteiger partial charge < -0.3 is 11.1 Å².